The summed E-state index contributed by atoms with van der Waals surface area (Å²) in [4.78, 5) is 22.2. The standard InChI is InChI=1S/C11H8N4OS/c16-6-13-7-1-2-8-9(5-7)15-10(14-8)11-12-3-4-17-11/h1-6H,(H,13,16)(H,14,15). The molecular weight excluding hydrogens is 236 g/mol. The first-order valence-corrected chi connectivity index (χ1v) is 5.84. The van der Waals surface area contributed by atoms with Crippen LogP contribution < -0.4 is 5.32 Å². The Morgan fingerprint density at radius 2 is 2.35 bits per heavy atom. The molecule has 0 bridgehead atoms. The molecule has 1 aromatic carbocycles. The van der Waals surface area contributed by atoms with Gasteiger partial charge in [0.05, 0.1) is 11.0 Å². The molecule has 17 heavy (non-hydrogen) atoms. The summed E-state index contributed by atoms with van der Waals surface area (Å²) >= 11 is 1.53. The van der Waals surface area contributed by atoms with E-state index in [2.05, 4.69) is 20.3 Å². The number of carbonyl (C=O) groups is 1. The summed E-state index contributed by atoms with van der Waals surface area (Å²) in [7, 11) is 0. The Morgan fingerprint density at radius 1 is 1.41 bits per heavy atom. The molecule has 3 aromatic rings. The highest BCUT2D eigenvalue weighted by atomic mass is 32.1. The van der Waals surface area contributed by atoms with E-state index in [4.69, 9.17) is 0 Å². The number of carbonyl (C=O) groups excluding carboxylic acids is 1. The van der Waals surface area contributed by atoms with Crippen molar-refractivity contribution in [1.29, 1.82) is 0 Å². The molecule has 2 heterocycles. The van der Waals surface area contributed by atoms with Crippen molar-refractivity contribution < 1.29 is 4.79 Å². The highest BCUT2D eigenvalue weighted by Crippen LogP contribution is 2.23. The topological polar surface area (TPSA) is 70.7 Å². The quantitative estimate of drug-likeness (QED) is 0.694. The number of imidazole rings is 1. The van der Waals surface area contributed by atoms with Crippen molar-refractivity contribution in [1.82, 2.24) is 15.0 Å². The van der Waals surface area contributed by atoms with Gasteiger partial charge in [0.1, 0.15) is 0 Å². The molecule has 0 atom stereocenters. The van der Waals surface area contributed by atoms with E-state index in [1.165, 1.54) is 11.3 Å². The van der Waals surface area contributed by atoms with E-state index in [0.717, 1.165) is 27.6 Å². The highest BCUT2D eigenvalue weighted by Gasteiger charge is 2.07. The summed E-state index contributed by atoms with van der Waals surface area (Å²) in [5.74, 6) is 0.748. The Kier molecular flexibility index (Phi) is 2.34. The maximum absolute atomic E-state index is 10.4. The van der Waals surface area contributed by atoms with E-state index < -0.39 is 0 Å². The number of nitrogens with zero attached hydrogens (tertiary/aromatic N) is 2. The van der Waals surface area contributed by atoms with Gasteiger partial charge in [-0.1, -0.05) is 0 Å². The first-order valence-electron chi connectivity index (χ1n) is 4.96. The van der Waals surface area contributed by atoms with Gasteiger partial charge in [0.2, 0.25) is 6.41 Å². The molecule has 2 aromatic heterocycles. The fraction of sp³-hybridized carbons (Fsp3) is 0. The zero-order chi connectivity index (χ0) is 11.7. The van der Waals surface area contributed by atoms with E-state index >= 15 is 0 Å². The lowest BCUT2D eigenvalue weighted by atomic mass is 10.3. The van der Waals surface area contributed by atoms with Gasteiger partial charge in [-0.2, -0.15) is 0 Å². The molecule has 0 aliphatic rings. The molecule has 6 heteroatoms. The Hall–Kier alpha value is -2.21. The number of hydrogen-bond donors (Lipinski definition) is 2. The summed E-state index contributed by atoms with van der Waals surface area (Å²) in [6.07, 6.45) is 2.39. The van der Waals surface area contributed by atoms with Crippen LogP contribution in [0.3, 0.4) is 0 Å². The van der Waals surface area contributed by atoms with Crippen LogP contribution in [0, 0.1) is 0 Å². The van der Waals surface area contributed by atoms with Crippen molar-refractivity contribution in [2.75, 3.05) is 5.32 Å². The fourth-order valence-corrected chi connectivity index (χ4v) is 2.19. The lowest BCUT2D eigenvalue weighted by molar-refractivity contribution is -0.105. The van der Waals surface area contributed by atoms with Crippen molar-refractivity contribution in [3.8, 4) is 10.8 Å². The van der Waals surface area contributed by atoms with Gasteiger partial charge in [-0.15, -0.1) is 11.3 Å². The van der Waals surface area contributed by atoms with Gasteiger partial charge in [-0.05, 0) is 18.2 Å². The van der Waals surface area contributed by atoms with Crippen molar-refractivity contribution in [2.45, 2.75) is 0 Å². The number of benzene rings is 1. The van der Waals surface area contributed by atoms with Crippen LogP contribution in [0.25, 0.3) is 21.9 Å². The number of fused-ring (bicyclic) bond motifs is 1. The molecule has 3 rings (SSSR count). The third-order valence-corrected chi connectivity index (χ3v) is 3.12. The smallest absolute Gasteiger partial charge is 0.211 e. The maximum atomic E-state index is 10.4. The highest BCUT2D eigenvalue weighted by molar-refractivity contribution is 7.13. The Balaban J connectivity index is 2.09. The largest absolute Gasteiger partial charge is 0.336 e. The average molecular weight is 244 g/mol. The summed E-state index contributed by atoms with van der Waals surface area (Å²) < 4.78 is 0. The molecule has 2 N–H and O–H groups in total. The second-order valence-electron chi connectivity index (χ2n) is 3.42. The monoisotopic (exact) mass is 244 g/mol. The molecule has 0 unspecified atom stereocenters. The molecule has 0 aliphatic carbocycles. The zero-order valence-corrected chi connectivity index (χ0v) is 9.49. The van der Waals surface area contributed by atoms with Crippen LogP contribution in [0.1, 0.15) is 0 Å². The molecule has 0 fully saturated rings. The summed E-state index contributed by atoms with van der Waals surface area (Å²) in [5, 5.41) is 5.36. The van der Waals surface area contributed by atoms with E-state index in [0.29, 0.717) is 6.41 Å². The Bertz CT molecular complexity index is 659. The van der Waals surface area contributed by atoms with Crippen LogP contribution in [-0.4, -0.2) is 21.4 Å². The third-order valence-electron chi connectivity index (χ3n) is 2.34. The van der Waals surface area contributed by atoms with Crippen LogP contribution in [0.2, 0.25) is 0 Å². The summed E-state index contributed by atoms with van der Waals surface area (Å²) in [6.45, 7) is 0. The molecule has 0 saturated carbocycles. The van der Waals surface area contributed by atoms with Crippen LogP contribution >= 0.6 is 11.3 Å². The predicted octanol–water partition coefficient (Wildman–Crippen LogP) is 2.25. The first-order chi connectivity index (χ1) is 8.36. The second-order valence-corrected chi connectivity index (χ2v) is 4.31. The Labute approximate surface area is 101 Å². The van der Waals surface area contributed by atoms with Gasteiger partial charge in [0.25, 0.3) is 0 Å². The van der Waals surface area contributed by atoms with Crippen LogP contribution in [0.15, 0.2) is 29.8 Å². The van der Waals surface area contributed by atoms with E-state index in [-0.39, 0.29) is 0 Å². The number of aromatic nitrogens is 3. The molecule has 0 radical (unpaired) electrons. The minimum atomic E-state index is 0.652. The minimum absolute atomic E-state index is 0.652. The molecule has 0 aliphatic heterocycles. The minimum Gasteiger partial charge on any atom is -0.336 e. The van der Waals surface area contributed by atoms with Gasteiger partial charge >= 0.3 is 0 Å². The molecule has 5 nitrogen and oxygen atoms in total. The third kappa shape index (κ3) is 1.78. The lowest BCUT2D eigenvalue weighted by Crippen LogP contribution is -1.92. The van der Waals surface area contributed by atoms with Crippen LogP contribution in [0.5, 0.6) is 0 Å². The number of rotatable bonds is 3. The fourth-order valence-electron chi connectivity index (χ4n) is 1.61. The molecule has 0 saturated heterocycles. The Morgan fingerprint density at radius 3 is 3.12 bits per heavy atom. The first kappa shape index (κ1) is 9.98. The van der Waals surface area contributed by atoms with Gasteiger partial charge in [-0.3, -0.25) is 4.79 Å². The van der Waals surface area contributed by atoms with Gasteiger partial charge in [0, 0.05) is 17.3 Å². The van der Waals surface area contributed by atoms with E-state index in [1.54, 1.807) is 6.20 Å². The molecular formula is C11H8N4OS. The van der Waals surface area contributed by atoms with E-state index in [9.17, 15) is 4.79 Å². The zero-order valence-electron chi connectivity index (χ0n) is 8.68. The number of thiazole rings is 1. The number of amides is 1. The van der Waals surface area contributed by atoms with Crippen LogP contribution in [0.4, 0.5) is 5.69 Å². The SMILES string of the molecule is O=CNc1ccc2nc(-c3nccs3)[nH]c2c1. The molecule has 1 amide bonds. The normalized spacial score (nSPS) is 10.6. The molecule has 84 valence electrons. The van der Waals surface area contributed by atoms with Crippen LogP contribution in [-0.2, 0) is 4.79 Å². The number of hydrogen-bond acceptors (Lipinski definition) is 4. The van der Waals surface area contributed by atoms with Crippen molar-refractivity contribution in [3.05, 3.63) is 29.8 Å². The predicted molar refractivity (Wildman–Crippen MR) is 66.9 cm³/mol. The summed E-state index contributed by atoms with van der Waals surface area (Å²) in [5.41, 5.74) is 2.47. The number of anilines is 1. The maximum Gasteiger partial charge on any atom is 0.211 e. The van der Waals surface area contributed by atoms with Gasteiger partial charge in [-0.25, -0.2) is 9.97 Å². The van der Waals surface area contributed by atoms with Crippen molar-refractivity contribution >= 4 is 34.5 Å². The van der Waals surface area contributed by atoms with Crippen molar-refractivity contribution in [2.24, 2.45) is 0 Å². The number of nitrogens with one attached hydrogen (secondary N) is 2. The van der Waals surface area contributed by atoms with E-state index in [1.807, 2.05) is 23.6 Å². The van der Waals surface area contributed by atoms with Gasteiger partial charge in [0.15, 0.2) is 10.8 Å². The van der Waals surface area contributed by atoms with Crippen molar-refractivity contribution in [3.63, 3.8) is 0 Å². The second kappa shape index (κ2) is 3.99. The summed E-state index contributed by atoms with van der Waals surface area (Å²) in [6, 6.07) is 5.51. The average Bonchev–Trinajstić information content (AvgIpc) is 2.97. The lowest BCUT2D eigenvalue weighted by Gasteiger charge is -1.96. The number of aromatic amines is 1. The molecule has 0 spiro atoms. The number of H-pyrrole nitrogens is 1. The van der Waals surface area contributed by atoms with Gasteiger partial charge < -0.3 is 10.3 Å².